The van der Waals surface area contributed by atoms with Crippen LogP contribution in [0.25, 0.3) is 5.65 Å². The summed E-state index contributed by atoms with van der Waals surface area (Å²) in [6, 6.07) is 4.41. The number of esters is 1. The molecule has 1 saturated heterocycles. The summed E-state index contributed by atoms with van der Waals surface area (Å²) in [7, 11) is 0. The van der Waals surface area contributed by atoms with Gasteiger partial charge in [0.05, 0.1) is 11.3 Å². The summed E-state index contributed by atoms with van der Waals surface area (Å²) >= 11 is 0. The van der Waals surface area contributed by atoms with Gasteiger partial charge in [0.25, 0.3) is 5.91 Å². The fourth-order valence-corrected chi connectivity index (χ4v) is 4.44. The van der Waals surface area contributed by atoms with Crippen LogP contribution in [0.3, 0.4) is 0 Å². The largest absolute Gasteiger partial charge is 0.491 e. The van der Waals surface area contributed by atoms with Gasteiger partial charge in [0.1, 0.15) is 23.9 Å². The molecular weight excluding hydrogens is 543 g/mol. The number of amides is 2. The fourth-order valence-electron chi connectivity index (χ4n) is 4.44. The molecule has 2 amide bonds. The van der Waals surface area contributed by atoms with Crippen molar-refractivity contribution >= 4 is 23.6 Å². The zero-order valence-corrected chi connectivity index (χ0v) is 21.5. The molecule has 1 fully saturated rings. The van der Waals surface area contributed by atoms with E-state index in [2.05, 4.69) is 15.0 Å². The quantitative estimate of drug-likeness (QED) is 0.274. The first kappa shape index (κ1) is 28.8. The van der Waals surface area contributed by atoms with Crippen molar-refractivity contribution in [2.75, 3.05) is 13.1 Å². The average molecular weight is 568 g/mol. The molecule has 14 heteroatoms. The maximum absolute atomic E-state index is 14.1. The Bertz CT molecular complexity index is 1440. The number of likely N-dealkylation sites (tertiary alicyclic amines) is 1. The average Bonchev–Trinajstić information content (AvgIpc) is 3.03. The van der Waals surface area contributed by atoms with Gasteiger partial charge < -0.3 is 19.7 Å². The standard InChI is InChI=1S/C26H25F5N4O5/c1-14-10-20(39-13-17-18(27)7-5-8-19(17)28)22-32-15(2)21(35(22)11-14)23(36)33-16-6-3-4-9-34(12-16)25(38)40-24(37)26(29,30)31/h5,7-8,10-11,16H,3-4,6,9,12-13H2,1-2H3,(H,33,36). The van der Waals surface area contributed by atoms with Crippen LogP contribution in [0.2, 0.25) is 0 Å². The van der Waals surface area contributed by atoms with E-state index in [0.29, 0.717) is 30.5 Å². The fraction of sp³-hybridized carbons (Fsp3) is 0.385. The van der Waals surface area contributed by atoms with E-state index in [1.165, 1.54) is 10.5 Å². The number of hydrogen-bond donors (Lipinski definition) is 1. The van der Waals surface area contributed by atoms with Gasteiger partial charge >= 0.3 is 18.2 Å². The highest BCUT2D eigenvalue weighted by molar-refractivity contribution is 5.95. The smallest absolute Gasteiger partial charge is 0.485 e. The van der Waals surface area contributed by atoms with Gasteiger partial charge in [0, 0.05) is 25.3 Å². The summed E-state index contributed by atoms with van der Waals surface area (Å²) in [4.78, 5) is 41.9. The Kier molecular flexibility index (Phi) is 8.26. The highest BCUT2D eigenvalue weighted by Gasteiger charge is 2.43. The molecule has 3 aromatic rings. The van der Waals surface area contributed by atoms with Crippen LogP contribution in [0.15, 0.2) is 30.5 Å². The molecule has 214 valence electrons. The topological polar surface area (TPSA) is 102 Å². The molecule has 0 spiro atoms. The predicted molar refractivity (Wildman–Crippen MR) is 130 cm³/mol. The number of benzene rings is 1. The minimum Gasteiger partial charge on any atom is -0.485 e. The molecule has 1 unspecified atom stereocenters. The Balaban J connectivity index is 1.53. The number of carbonyl (C=O) groups excluding carboxylic acids is 3. The van der Waals surface area contributed by atoms with Crippen LogP contribution in [0.4, 0.5) is 26.7 Å². The van der Waals surface area contributed by atoms with Crippen molar-refractivity contribution in [1.29, 1.82) is 0 Å². The number of pyridine rings is 1. The number of fused-ring (bicyclic) bond motifs is 1. The van der Waals surface area contributed by atoms with Crippen LogP contribution >= 0.6 is 0 Å². The van der Waals surface area contributed by atoms with Crippen molar-refractivity contribution in [3.63, 3.8) is 0 Å². The maximum Gasteiger partial charge on any atom is 0.491 e. The first-order valence-electron chi connectivity index (χ1n) is 12.3. The van der Waals surface area contributed by atoms with Crippen molar-refractivity contribution in [2.24, 2.45) is 0 Å². The molecule has 0 radical (unpaired) electrons. The summed E-state index contributed by atoms with van der Waals surface area (Å²) in [6.07, 6.45) is -3.74. The van der Waals surface area contributed by atoms with Gasteiger partial charge in [-0.2, -0.15) is 13.2 Å². The Hall–Kier alpha value is -4.23. The molecular formula is C26H25F5N4O5. The van der Waals surface area contributed by atoms with E-state index in [1.54, 1.807) is 26.1 Å². The first-order valence-corrected chi connectivity index (χ1v) is 12.3. The van der Waals surface area contributed by atoms with Gasteiger partial charge in [-0.15, -0.1) is 0 Å². The lowest BCUT2D eigenvalue weighted by molar-refractivity contribution is -0.193. The van der Waals surface area contributed by atoms with E-state index in [0.717, 1.165) is 17.0 Å². The Morgan fingerprint density at radius 3 is 2.50 bits per heavy atom. The molecule has 40 heavy (non-hydrogen) atoms. The van der Waals surface area contributed by atoms with Crippen LogP contribution in [0, 0.1) is 25.5 Å². The summed E-state index contributed by atoms with van der Waals surface area (Å²) in [5.74, 6) is -4.55. The summed E-state index contributed by atoms with van der Waals surface area (Å²) in [5, 5.41) is 2.78. The number of nitrogens with zero attached hydrogens (tertiary/aromatic N) is 3. The lowest BCUT2D eigenvalue weighted by Gasteiger charge is -2.24. The second kappa shape index (κ2) is 11.5. The van der Waals surface area contributed by atoms with E-state index in [-0.39, 0.29) is 35.7 Å². The maximum atomic E-state index is 14.1. The van der Waals surface area contributed by atoms with Crippen LogP contribution in [0.1, 0.15) is 46.6 Å². The van der Waals surface area contributed by atoms with E-state index in [4.69, 9.17) is 4.74 Å². The summed E-state index contributed by atoms with van der Waals surface area (Å²) in [6.45, 7) is 2.76. The lowest BCUT2D eigenvalue weighted by Crippen LogP contribution is -2.46. The number of hydrogen-bond acceptors (Lipinski definition) is 6. The number of imidazole rings is 1. The second-order valence-electron chi connectivity index (χ2n) is 9.38. The molecule has 1 aliphatic rings. The molecule has 4 rings (SSSR count). The van der Waals surface area contributed by atoms with Crippen LogP contribution in [-0.4, -0.2) is 57.6 Å². The zero-order valence-electron chi connectivity index (χ0n) is 21.5. The third-order valence-electron chi connectivity index (χ3n) is 6.32. The predicted octanol–water partition coefficient (Wildman–Crippen LogP) is 4.62. The van der Waals surface area contributed by atoms with E-state index in [1.807, 2.05) is 0 Å². The van der Waals surface area contributed by atoms with Crippen molar-refractivity contribution in [2.45, 2.75) is 51.9 Å². The SMILES string of the molecule is Cc1cc(OCc2c(F)cccc2F)c2nc(C)c(C(=O)NC3CCCCN(C(=O)OC(=O)C(F)(F)F)C3)n2c1. The second-order valence-corrected chi connectivity index (χ2v) is 9.38. The van der Waals surface area contributed by atoms with Gasteiger partial charge in [0.15, 0.2) is 11.4 Å². The van der Waals surface area contributed by atoms with Crippen molar-refractivity contribution in [3.8, 4) is 5.75 Å². The summed E-state index contributed by atoms with van der Waals surface area (Å²) in [5.41, 5.74) is 1.05. The van der Waals surface area contributed by atoms with Gasteiger partial charge in [-0.25, -0.2) is 23.4 Å². The molecule has 0 bridgehead atoms. The molecule has 1 N–H and O–H groups in total. The highest BCUT2D eigenvalue weighted by Crippen LogP contribution is 2.26. The Morgan fingerprint density at radius 1 is 1.12 bits per heavy atom. The monoisotopic (exact) mass is 568 g/mol. The molecule has 0 saturated carbocycles. The van der Waals surface area contributed by atoms with Crippen LogP contribution in [-0.2, 0) is 16.1 Å². The highest BCUT2D eigenvalue weighted by atomic mass is 19.4. The number of alkyl halides is 3. The van der Waals surface area contributed by atoms with Crippen molar-refractivity contribution in [3.05, 3.63) is 64.6 Å². The number of ether oxygens (including phenoxy) is 2. The number of rotatable bonds is 5. The number of carbonyl (C=O) groups is 3. The first-order chi connectivity index (χ1) is 18.8. The van der Waals surface area contributed by atoms with Crippen molar-refractivity contribution < 1.29 is 45.8 Å². The van der Waals surface area contributed by atoms with Gasteiger partial charge in [-0.3, -0.25) is 9.20 Å². The van der Waals surface area contributed by atoms with Gasteiger partial charge in [-0.05, 0) is 56.9 Å². The molecule has 1 atom stereocenters. The number of nitrogens with one attached hydrogen (secondary N) is 1. The van der Waals surface area contributed by atoms with Crippen LogP contribution in [0.5, 0.6) is 5.75 Å². The molecule has 2 aromatic heterocycles. The number of aromatic nitrogens is 2. The number of aryl methyl sites for hydroxylation is 2. The minimum absolute atomic E-state index is 0.0491. The number of halogens is 5. The van der Waals surface area contributed by atoms with Gasteiger partial charge in [-0.1, -0.05) is 6.07 Å². The normalized spacial score (nSPS) is 16.0. The molecule has 1 aromatic carbocycles. The van der Waals surface area contributed by atoms with Crippen molar-refractivity contribution in [1.82, 2.24) is 19.6 Å². The third-order valence-corrected chi connectivity index (χ3v) is 6.32. The van der Waals surface area contributed by atoms with E-state index >= 15 is 0 Å². The molecule has 9 nitrogen and oxygen atoms in total. The summed E-state index contributed by atoms with van der Waals surface area (Å²) < 4.78 is 76.8. The molecule has 0 aliphatic carbocycles. The van der Waals surface area contributed by atoms with Crippen LogP contribution < -0.4 is 10.1 Å². The van der Waals surface area contributed by atoms with Gasteiger partial charge in [0.2, 0.25) is 0 Å². The zero-order chi connectivity index (χ0) is 29.2. The van der Waals surface area contributed by atoms with E-state index < -0.39 is 48.4 Å². The van der Waals surface area contributed by atoms with E-state index in [9.17, 15) is 36.3 Å². The molecule has 3 heterocycles. The third kappa shape index (κ3) is 6.32. The Morgan fingerprint density at radius 2 is 1.82 bits per heavy atom. The molecule has 1 aliphatic heterocycles. The Labute approximate surface area is 224 Å². The minimum atomic E-state index is -5.32. The lowest BCUT2D eigenvalue weighted by atomic mass is 10.1.